The largest absolute Gasteiger partial charge is 0.310 e. The molecule has 16 rings (SSSR count). The molecule has 16 aromatic rings. The van der Waals surface area contributed by atoms with Gasteiger partial charge in [0.05, 0.1) is 33.4 Å². The van der Waals surface area contributed by atoms with Crippen molar-refractivity contribution in [2.45, 2.75) is 52.4 Å². The van der Waals surface area contributed by atoms with Crippen LogP contribution in [0.3, 0.4) is 0 Å². The Morgan fingerprint density at radius 1 is 0.286 bits per heavy atom. The minimum absolute atomic E-state index is 0.0693. The van der Waals surface area contributed by atoms with E-state index in [1.165, 1.54) is 106 Å². The molecule has 12 aromatic carbocycles. The number of benzene rings is 12. The van der Waals surface area contributed by atoms with Crippen LogP contribution in [0.5, 0.6) is 0 Å². The summed E-state index contributed by atoms with van der Waals surface area (Å²) in [5.74, 6) is 0. The average Bonchev–Trinajstić information content (AvgIpc) is 2.00. The van der Waals surface area contributed by atoms with Gasteiger partial charge in [-0.3, -0.25) is 0 Å². The van der Waals surface area contributed by atoms with Crippen LogP contribution in [0.2, 0.25) is 0 Å². The van der Waals surface area contributed by atoms with Gasteiger partial charge in [0, 0.05) is 107 Å². The highest BCUT2D eigenvalue weighted by Crippen LogP contribution is 2.50. The van der Waals surface area contributed by atoms with Gasteiger partial charge in [-0.25, -0.2) is 0 Å². The SMILES string of the molecule is CC(C)(C)c1ccc(-n2c3ccccc3c3c(N(c4ccccc4)c4ccc5c(c4)sc4c5ccc5c4ccc4c6ccc(N(c7ccccc7)c7cccc8c7c7ccccc7n8-c7ccc(C(C)(C)C)cc7)cc6sc45)cccc32)cc1. The molecule has 4 nitrogen and oxygen atoms in total. The van der Waals surface area contributed by atoms with Crippen LogP contribution in [-0.4, -0.2) is 9.13 Å². The molecule has 0 bridgehead atoms. The van der Waals surface area contributed by atoms with Crippen LogP contribution in [0.25, 0.3) is 106 Å². The highest BCUT2D eigenvalue weighted by Gasteiger charge is 2.26. The van der Waals surface area contributed by atoms with E-state index in [2.05, 4.69) is 315 Å². The summed E-state index contributed by atoms with van der Waals surface area (Å²) in [7, 11) is 0. The average molecular weight is 1120 g/mol. The second kappa shape index (κ2) is 19.0. The highest BCUT2D eigenvalue weighted by atomic mass is 32.1. The zero-order chi connectivity index (χ0) is 56.6. The Balaban J connectivity index is 0.817. The van der Waals surface area contributed by atoms with Crippen LogP contribution in [-0.2, 0) is 10.8 Å². The van der Waals surface area contributed by atoms with Crippen molar-refractivity contribution in [2.75, 3.05) is 9.80 Å². The summed E-state index contributed by atoms with van der Waals surface area (Å²) in [5.41, 5.74) is 16.6. The number of fused-ring (bicyclic) bond motifs is 15. The number of nitrogens with zero attached hydrogens (tertiary/aromatic N) is 4. The van der Waals surface area contributed by atoms with Crippen molar-refractivity contribution in [3.8, 4) is 11.4 Å². The van der Waals surface area contributed by atoms with Crippen molar-refractivity contribution in [3.63, 3.8) is 0 Å². The van der Waals surface area contributed by atoms with Gasteiger partial charge in [-0.1, -0.05) is 187 Å². The van der Waals surface area contributed by atoms with Crippen LogP contribution in [0.15, 0.2) is 255 Å². The molecule has 0 saturated carbocycles. The molecular weight excluding hydrogens is 1060 g/mol. The van der Waals surface area contributed by atoms with E-state index >= 15 is 0 Å². The molecule has 6 heteroatoms. The molecule has 84 heavy (non-hydrogen) atoms. The quantitative estimate of drug-likeness (QED) is 0.151. The summed E-state index contributed by atoms with van der Waals surface area (Å²) < 4.78 is 10.0. The second-order valence-electron chi connectivity index (χ2n) is 24.5. The van der Waals surface area contributed by atoms with Crippen LogP contribution in [0, 0.1) is 0 Å². The van der Waals surface area contributed by atoms with Gasteiger partial charge in [-0.15, -0.1) is 22.7 Å². The predicted molar refractivity (Wildman–Crippen MR) is 365 cm³/mol. The maximum absolute atomic E-state index is 2.46. The lowest BCUT2D eigenvalue weighted by Gasteiger charge is -2.26. The third-order valence-electron chi connectivity index (χ3n) is 17.4. The summed E-state index contributed by atoms with van der Waals surface area (Å²) in [6.45, 7) is 13.7. The monoisotopic (exact) mass is 1120 g/mol. The molecule has 0 aliphatic carbocycles. The Morgan fingerprint density at radius 2 is 0.631 bits per heavy atom. The lowest BCUT2D eigenvalue weighted by molar-refractivity contribution is 0.590. The number of anilines is 6. The highest BCUT2D eigenvalue weighted by molar-refractivity contribution is 7.28. The molecule has 0 unspecified atom stereocenters. The summed E-state index contributed by atoms with van der Waals surface area (Å²) in [5, 5.41) is 12.6. The normalized spacial score (nSPS) is 12.4. The number of hydrogen-bond donors (Lipinski definition) is 0. The van der Waals surface area contributed by atoms with E-state index in [1.807, 2.05) is 22.7 Å². The van der Waals surface area contributed by atoms with Crippen LogP contribution in [0.1, 0.15) is 52.7 Å². The number of para-hydroxylation sites is 4. The zero-order valence-corrected chi connectivity index (χ0v) is 49.5. The molecule has 0 amide bonds. The molecular formula is C78H60N4S2. The number of thiophene rings is 2. The molecule has 0 saturated heterocycles. The van der Waals surface area contributed by atoms with Crippen LogP contribution >= 0.6 is 22.7 Å². The third-order valence-corrected chi connectivity index (χ3v) is 19.8. The Kier molecular flexibility index (Phi) is 11.4. The predicted octanol–water partition coefficient (Wildman–Crippen LogP) is 23.3. The first kappa shape index (κ1) is 50.3. The van der Waals surface area contributed by atoms with Gasteiger partial charge in [-0.05, 0) is 131 Å². The third kappa shape index (κ3) is 7.92. The van der Waals surface area contributed by atoms with Crippen molar-refractivity contribution >= 4 is 152 Å². The van der Waals surface area contributed by atoms with Gasteiger partial charge in [-0.2, -0.15) is 0 Å². The molecule has 0 radical (unpaired) electrons. The van der Waals surface area contributed by atoms with E-state index in [1.54, 1.807) is 0 Å². The van der Waals surface area contributed by atoms with E-state index in [-0.39, 0.29) is 10.8 Å². The Hall–Kier alpha value is -9.46. The molecule has 0 fully saturated rings. The molecule has 0 atom stereocenters. The maximum Gasteiger partial charge on any atom is 0.0562 e. The van der Waals surface area contributed by atoms with Gasteiger partial charge >= 0.3 is 0 Å². The smallest absolute Gasteiger partial charge is 0.0562 e. The Morgan fingerprint density at radius 3 is 1.02 bits per heavy atom. The molecule has 0 aliphatic heterocycles. The van der Waals surface area contributed by atoms with Crippen molar-refractivity contribution in [1.29, 1.82) is 0 Å². The fraction of sp³-hybridized carbons (Fsp3) is 0.103. The molecule has 404 valence electrons. The van der Waals surface area contributed by atoms with Crippen molar-refractivity contribution in [3.05, 3.63) is 266 Å². The minimum atomic E-state index is 0.0693. The first-order chi connectivity index (χ1) is 40.9. The molecule has 0 aliphatic rings. The second-order valence-corrected chi connectivity index (χ2v) is 26.6. The van der Waals surface area contributed by atoms with E-state index in [4.69, 9.17) is 0 Å². The molecule has 4 aromatic heterocycles. The number of aromatic nitrogens is 2. The summed E-state index contributed by atoms with van der Waals surface area (Å²) in [6, 6.07) is 95.1. The Bertz CT molecular complexity index is 4930. The van der Waals surface area contributed by atoms with Crippen molar-refractivity contribution < 1.29 is 0 Å². The number of hydrogen-bond acceptors (Lipinski definition) is 4. The summed E-state index contributed by atoms with van der Waals surface area (Å²) in [4.78, 5) is 4.92. The lowest BCUT2D eigenvalue weighted by Crippen LogP contribution is -2.11. The summed E-state index contributed by atoms with van der Waals surface area (Å²) in [6.07, 6.45) is 0. The van der Waals surface area contributed by atoms with Crippen molar-refractivity contribution in [1.82, 2.24) is 9.13 Å². The zero-order valence-electron chi connectivity index (χ0n) is 47.9. The fourth-order valence-corrected chi connectivity index (χ4v) is 15.8. The van der Waals surface area contributed by atoms with E-state index < -0.39 is 0 Å². The van der Waals surface area contributed by atoms with Crippen LogP contribution in [0.4, 0.5) is 34.1 Å². The molecule has 4 heterocycles. The van der Waals surface area contributed by atoms with Gasteiger partial charge in [0.2, 0.25) is 0 Å². The van der Waals surface area contributed by atoms with Gasteiger partial charge < -0.3 is 18.9 Å². The Labute approximate surface area is 496 Å². The topological polar surface area (TPSA) is 16.3 Å². The first-order valence-electron chi connectivity index (χ1n) is 29.2. The maximum atomic E-state index is 2.46. The van der Waals surface area contributed by atoms with E-state index in [9.17, 15) is 0 Å². The van der Waals surface area contributed by atoms with Gasteiger partial charge in [0.25, 0.3) is 0 Å². The van der Waals surface area contributed by atoms with Gasteiger partial charge in [0.15, 0.2) is 0 Å². The van der Waals surface area contributed by atoms with Gasteiger partial charge in [0.1, 0.15) is 0 Å². The van der Waals surface area contributed by atoms with E-state index in [0.717, 1.165) is 45.5 Å². The lowest BCUT2D eigenvalue weighted by atomic mass is 9.87. The molecule has 0 N–H and O–H groups in total. The summed E-state index contributed by atoms with van der Waals surface area (Å²) >= 11 is 3.82. The first-order valence-corrected chi connectivity index (χ1v) is 30.8. The van der Waals surface area contributed by atoms with E-state index in [0.29, 0.717) is 0 Å². The fourth-order valence-electron chi connectivity index (χ4n) is 13.3. The minimum Gasteiger partial charge on any atom is -0.310 e. The molecule has 0 spiro atoms. The van der Waals surface area contributed by atoms with Crippen molar-refractivity contribution in [2.24, 2.45) is 0 Å². The van der Waals surface area contributed by atoms with Crippen LogP contribution < -0.4 is 9.80 Å². The number of rotatable bonds is 8. The standard InChI is InChI=1S/C78H60N4S2/c1-77(2,3)49-31-35-53(36-32-49)81-65-25-15-13-23-63(65)73-67(27-17-29-69(73)81)79(51-19-9-7-10-20-51)55-39-41-57-59-43-45-62-61(75(59)83-71(57)47-55)46-44-60-58-42-40-56(48-72(58)84-76(60)62)80(52-21-11-8-12-22-52)68-28-18-30-70-74(68)64-24-14-16-26-66(64)82(70)54-37-33-50(34-38-54)78(4,5)6/h7-48H,1-6H3.